The number of nitrogens with one attached hydrogen (secondary N) is 1. The molecule has 1 aliphatic heterocycles. The number of allylic oxidation sites excluding steroid dienone is 1. The van der Waals surface area contributed by atoms with E-state index in [1.807, 2.05) is 0 Å². The first-order chi connectivity index (χ1) is 7.45. The Morgan fingerprint density at radius 1 is 1.13 bits per heavy atom. The quantitative estimate of drug-likeness (QED) is 0.705. The van der Waals surface area contributed by atoms with E-state index in [0.717, 1.165) is 13.1 Å². The molecule has 0 saturated heterocycles. The van der Waals surface area contributed by atoms with Gasteiger partial charge in [0.1, 0.15) is 0 Å². The summed E-state index contributed by atoms with van der Waals surface area (Å²) in [6.07, 6.45) is 12.7. The third kappa shape index (κ3) is 3.69. The summed E-state index contributed by atoms with van der Waals surface area (Å²) < 4.78 is 0. The monoisotopic (exact) mass is 206 g/mol. The molecule has 15 heavy (non-hydrogen) atoms. The van der Waals surface area contributed by atoms with Crippen molar-refractivity contribution in [1.82, 2.24) is 5.32 Å². The van der Waals surface area contributed by atoms with Crippen LogP contribution < -0.4 is 5.32 Å². The smallest absolute Gasteiger partial charge is 0.0963 e. The second-order valence-electron chi connectivity index (χ2n) is 4.57. The average molecular weight is 206 g/mol. The summed E-state index contributed by atoms with van der Waals surface area (Å²) in [5.41, 5.74) is 1.65. The van der Waals surface area contributed by atoms with Crippen LogP contribution in [0.3, 0.4) is 0 Å². The minimum absolute atomic E-state index is 1.03. The van der Waals surface area contributed by atoms with Crippen LogP contribution in [0.2, 0.25) is 0 Å². The first-order valence-corrected chi connectivity index (χ1v) is 6.40. The van der Waals surface area contributed by atoms with E-state index in [-0.39, 0.29) is 0 Å². The molecule has 2 nitrogen and oxygen atoms in total. The van der Waals surface area contributed by atoms with Gasteiger partial charge in [0.05, 0.1) is 5.84 Å². The molecule has 1 heterocycles. The van der Waals surface area contributed by atoms with Gasteiger partial charge in [0.25, 0.3) is 0 Å². The van der Waals surface area contributed by atoms with Crippen LogP contribution in [0.5, 0.6) is 0 Å². The van der Waals surface area contributed by atoms with Crippen LogP contribution in [-0.4, -0.2) is 18.9 Å². The van der Waals surface area contributed by atoms with Crippen molar-refractivity contribution >= 4 is 5.84 Å². The zero-order valence-electron chi connectivity index (χ0n) is 9.60. The lowest BCUT2D eigenvalue weighted by molar-refractivity contribution is 0.727. The topological polar surface area (TPSA) is 24.4 Å². The summed E-state index contributed by atoms with van der Waals surface area (Å²) in [5, 5.41) is 3.50. The van der Waals surface area contributed by atoms with Gasteiger partial charge in [-0.15, -0.1) is 0 Å². The summed E-state index contributed by atoms with van der Waals surface area (Å²) in [7, 11) is 0. The van der Waals surface area contributed by atoms with Crippen molar-refractivity contribution < 1.29 is 0 Å². The Labute approximate surface area is 92.9 Å². The minimum atomic E-state index is 1.03. The molecule has 1 aliphatic carbocycles. The molecule has 0 bridgehead atoms. The van der Waals surface area contributed by atoms with Gasteiger partial charge >= 0.3 is 0 Å². The average Bonchev–Trinajstić information content (AvgIpc) is 2.62. The minimum Gasteiger partial charge on any atom is -0.374 e. The molecular formula is C13H22N2. The summed E-state index contributed by atoms with van der Waals surface area (Å²) in [5.74, 6) is 1.26. The van der Waals surface area contributed by atoms with Gasteiger partial charge in [-0.05, 0) is 38.5 Å². The maximum absolute atomic E-state index is 4.57. The molecule has 2 rings (SSSR count). The molecule has 0 radical (unpaired) electrons. The van der Waals surface area contributed by atoms with E-state index in [4.69, 9.17) is 0 Å². The van der Waals surface area contributed by atoms with Crippen LogP contribution >= 0.6 is 0 Å². The van der Waals surface area contributed by atoms with Gasteiger partial charge in [0, 0.05) is 19.5 Å². The van der Waals surface area contributed by atoms with Crippen molar-refractivity contribution in [1.29, 1.82) is 0 Å². The second kappa shape index (κ2) is 5.94. The molecule has 0 spiro atoms. The molecule has 0 saturated carbocycles. The maximum Gasteiger partial charge on any atom is 0.0963 e. The fraction of sp³-hybridized carbons (Fsp3) is 0.769. The van der Waals surface area contributed by atoms with E-state index in [9.17, 15) is 0 Å². The predicted octanol–water partition coefficient (Wildman–Crippen LogP) is 3.05. The van der Waals surface area contributed by atoms with E-state index in [0.29, 0.717) is 0 Å². The van der Waals surface area contributed by atoms with Crippen molar-refractivity contribution in [2.24, 2.45) is 4.99 Å². The van der Waals surface area contributed by atoms with E-state index in [1.165, 1.54) is 57.2 Å². The number of rotatable bonds is 3. The van der Waals surface area contributed by atoms with Gasteiger partial charge in [-0.1, -0.05) is 18.1 Å². The maximum atomic E-state index is 4.57. The molecule has 0 atom stereocenters. The lowest BCUT2D eigenvalue weighted by atomic mass is 10.1. The van der Waals surface area contributed by atoms with Gasteiger partial charge in [-0.25, -0.2) is 0 Å². The molecule has 0 amide bonds. The Morgan fingerprint density at radius 2 is 2.13 bits per heavy atom. The summed E-state index contributed by atoms with van der Waals surface area (Å²) in [6, 6.07) is 0. The number of hydrogen-bond acceptors (Lipinski definition) is 2. The Hall–Kier alpha value is -0.790. The second-order valence-corrected chi connectivity index (χ2v) is 4.57. The van der Waals surface area contributed by atoms with Crippen molar-refractivity contribution in [3.05, 3.63) is 11.6 Å². The molecule has 0 unspecified atom stereocenters. The number of nitrogens with zero attached hydrogens (tertiary/aromatic N) is 1. The van der Waals surface area contributed by atoms with E-state index >= 15 is 0 Å². The van der Waals surface area contributed by atoms with E-state index in [1.54, 1.807) is 5.57 Å². The number of amidine groups is 1. The van der Waals surface area contributed by atoms with Crippen LogP contribution in [0, 0.1) is 0 Å². The Balaban J connectivity index is 1.65. The van der Waals surface area contributed by atoms with Crippen molar-refractivity contribution in [3.8, 4) is 0 Å². The summed E-state index contributed by atoms with van der Waals surface area (Å²) >= 11 is 0. The highest BCUT2D eigenvalue weighted by Gasteiger charge is 2.06. The molecule has 0 aromatic heterocycles. The Morgan fingerprint density at radius 3 is 3.00 bits per heavy atom. The zero-order chi connectivity index (χ0) is 10.3. The van der Waals surface area contributed by atoms with Crippen LogP contribution in [0.25, 0.3) is 0 Å². The summed E-state index contributed by atoms with van der Waals surface area (Å²) in [6.45, 7) is 2.12. The zero-order valence-corrected chi connectivity index (χ0v) is 9.60. The van der Waals surface area contributed by atoms with Gasteiger partial charge in [0.2, 0.25) is 0 Å². The van der Waals surface area contributed by atoms with Gasteiger partial charge in [-0.3, -0.25) is 4.99 Å². The van der Waals surface area contributed by atoms with E-state index < -0.39 is 0 Å². The van der Waals surface area contributed by atoms with Gasteiger partial charge in [0.15, 0.2) is 0 Å². The van der Waals surface area contributed by atoms with Crippen LogP contribution in [0.1, 0.15) is 51.4 Å². The van der Waals surface area contributed by atoms with Crippen LogP contribution in [0.4, 0.5) is 0 Å². The molecule has 2 aliphatic rings. The van der Waals surface area contributed by atoms with Gasteiger partial charge < -0.3 is 5.32 Å². The van der Waals surface area contributed by atoms with Crippen molar-refractivity contribution in [3.63, 3.8) is 0 Å². The number of aliphatic imine (C=N–C) groups is 1. The van der Waals surface area contributed by atoms with Crippen LogP contribution in [-0.2, 0) is 0 Å². The fourth-order valence-electron chi connectivity index (χ4n) is 2.35. The largest absolute Gasteiger partial charge is 0.374 e. The standard InChI is InChI=1S/C13H22N2/c1-2-8-13(14-10-5-1)15-11-9-12-6-3-4-7-12/h6H,1-5,7-11H2,(H,14,15). The normalized spacial score (nSPS) is 21.9. The lowest BCUT2D eigenvalue weighted by Gasteiger charge is -2.08. The molecule has 2 heteroatoms. The molecule has 0 fully saturated rings. The SMILES string of the molecule is C1=C(CCNC2=NCCCCC2)CCC1. The highest BCUT2D eigenvalue weighted by Crippen LogP contribution is 2.19. The van der Waals surface area contributed by atoms with Crippen molar-refractivity contribution in [2.75, 3.05) is 13.1 Å². The molecule has 0 aromatic rings. The molecular weight excluding hydrogens is 184 g/mol. The fourth-order valence-corrected chi connectivity index (χ4v) is 2.35. The van der Waals surface area contributed by atoms with Crippen LogP contribution in [0.15, 0.2) is 16.6 Å². The Kier molecular flexibility index (Phi) is 4.24. The third-order valence-corrected chi connectivity index (χ3v) is 3.28. The van der Waals surface area contributed by atoms with E-state index in [2.05, 4.69) is 16.4 Å². The Bertz CT molecular complexity index is 253. The molecule has 84 valence electrons. The molecule has 1 N–H and O–H groups in total. The highest BCUT2D eigenvalue weighted by molar-refractivity contribution is 5.82. The highest BCUT2D eigenvalue weighted by atomic mass is 15.0. The number of hydrogen-bond donors (Lipinski definition) is 1. The van der Waals surface area contributed by atoms with Gasteiger partial charge in [-0.2, -0.15) is 0 Å². The predicted molar refractivity (Wildman–Crippen MR) is 65.3 cm³/mol. The van der Waals surface area contributed by atoms with Crippen molar-refractivity contribution in [2.45, 2.75) is 51.4 Å². The first kappa shape index (κ1) is 10.7. The lowest BCUT2D eigenvalue weighted by Crippen LogP contribution is -2.24. The first-order valence-electron chi connectivity index (χ1n) is 6.40. The summed E-state index contributed by atoms with van der Waals surface area (Å²) in [4.78, 5) is 4.57. The third-order valence-electron chi connectivity index (χ3n) is 3.28. The molecule has 0 aromatic carbocycles.